The molecule has 0 radical (unpaired) electrons. The molecule has 0 spiro atoms. The highest BCUT2D eigenvalue weighted by Gasteiger charge is 2.58. The van der Waals surface area contributed by atoms with Gasteiger partial charge in [0.2, 0.25) is 0 Å². The van der Waals surface area contributed by atoms with Gasteiger partial charge in [-0.1, -0.05) is 85.6 Å². The first-order chi connectivity index (χ1) is 20.6. The van der Waals surface area contributed by atoms with Crippen LogP contribution in [0.4, 0.5) is 11.4 Å². The minimum Gasteiger partial charge on any atom is -0.334 e. The van der Waals surface area contributed by atoms with Crippen molar-refractivity contribution in [3.63, 3.8) is 0 Å². The van der Waals surface area contributed by atoms with Gasteiger partial charge in [0.1, 0.15) is 0 Å². The van der Waals surface area contributed by atoms with Crippen molar-refractivity contribution in [2.75, 3.05) is 4.90 Å². The van der Waals surface area contributed by atoms with E-state index in [9.17, 15) is 0 Å². The van der Waals surface area contributed by atoms with Gasteiger partial charge in [-0.15, -0.1) is 0 Å². The number of aromatic nitrogens is 1. The maximum Gasteiger partial charge on any atom is 0.0541 e. The number of benzene rings is 4. The van der Waals surface area contributed by atoms with Crippen LogP contribution in [-0.2, 0) is 16.2 Å². The minimum absolute atomic E-state index is 0.0365. The monoisotopic (exact) mass is 582 g/mol. The van der Waals surface area contributed by atoms with Gasteiger partial charge in [0.15, 0.2) is 0 Å². The third-order valence-corrected chi connectivity index (χ3v) is 11.4. The highest BCUT2D eigenvalue weighted by Crippen LogP contribution is 2.61. The lowest BCUT2D eigenvalue weighted by molar-refractivity contribution is 0.194. The second-order valence-electron chi connectivity index (χ2n) is 16.4. The lowest BCUT2D eigenvalue weighted by atomic mass is 9.61. The van der Waals surface area contributed by atoms with Crippen LogP contribution in [0.2, 0.25) is 0 Å². The zero-order valence-electron chi connectivity index (χ0n) is 28.7. The number of hydrogen-bond acceptors (Lipinski definition) is 1. The molecular weight excluding hydrogens is 532 g/mol. The number of nitrogens with zero attached hydrogens (tertiary/aromatic N) is 2. The van der Waals surface area contributed by atoms with Crippen LogP contribution in [-0.4, -0.2) is 10.1 Å². The van der Waals surface area contributed by atoms with Crippen LogP contribution < -0.4 is 4.90 Å². The number of fused-ring (bicyclic) bond motifs is 6. The van der Waals surface area contributed by atoms with Crippen molar-refractivity contribution in [1.29, 1.82) is 0 Å². The van der Waals surface area contributed by atoms with Crippen LogP contribution in [0, 0.1) is 13.8 Å². The van der Waals surface area contributed by atoms with Gasteiger partial charge in [-0.25, -0.2) is 0 Å². The highest BCUT2D eigenvalue weighted by molar-refractivity contribution is 6.10. The normalized spacial score (nSPS) is 22.1. The molecule has 1 aromatic heterocycles. The van der Waals surface area contributed by atoms with E-state index < -0.39 is 0 Å². The second-order valence-corrected chi connectivity index (χ2v) is 16.4. The van der Waals surface area contributed by atoms with Crippen molar-refractivity contribution in [2.45, 2.75) is 117 Å². The van der Waals surface area contributed by atoms with E-state index in [0.717, 1.165) is 0 Å². The molecule has 1 aliphatic carbocycles. The zero-order chi connectivity index (χ0) is 31.4. The molecule has 0 saturated heterocycles. The Morgan fingerprint density at radius 2 is 1.20 bits per heavy atom. The lowest BCUT2D eigenvalue weighted by Gasteiger charge is -2.50. The summed E-state index contributed by atoms with van der Waals surface area (Å²) in [5, 5.41) is 2.68. The fraction of sp³-hybridized carbons (Fsp3) is 0.429. The van der Waals surface area contributed by atoms with Crippen molar-refractivity contribution >= 4 is 33.2 Å². The van der Waals surface area contributed by atoms with Gasteiger partial charge in [-0.3, -0.25) is 0 Å². The molecule has 228 valence electrons. The van der Waals surface area contributed by atoms with Gasteiger partial charge in [0.05, 0.1) is 16.6 Å². The van der Waals surface area contributed by atoms with E-state index in [0.29, 0.717) is 0 Å². The Bertz CT molecular complexity index is 1870. The summed E-state index contributed by atoms with van der Waals surface area (Å²) >= 11 is 0. The first-order valence-corrected chi connectivity index (χ1v) is 16.8. The number of anilines is 2. The molecule has 2 nitrogen and oxygen atoms in total. The SMILES string of the molecule is Cc1cc(C)c2c(c1)N(c1cccc(-n3c4ccc(C(C)(C)C)cc4c4cc(C(C)(C)C)ccc43)c1)C1(C)CCCCC21C. The average molecular weight is 583 g/mol. The van der Waals surface area contributed by atoms with Crippen LogP contribution in [0.3, 0.4) is 0 Å². The van der Waals surface area contributed by atoms with Gasteiger partial charge >= 0.3 is 0 Å². The van der Waals surface area contributed by atoms with Crippen LogP contribution in [0.1, 0.15) is 109 Å². The van der Waals surface area contributed by atoms with Gasteiger partial charge in [0, 0.05) is 33.2 Å². The summed E-state index contributed by atoms with van der Waals surface area (Å²) in [4.78, 5) is 2.73. The number of rotatable bonds is 2. The van der Waals surface area contributed by atoms with Crippen molar-refractivity contribution in [2.24, 2.45) is 0 Å². The van der Waals surface area contributed by atoms with Crippen molar-refractivity contribution in [1.82, 2.24) is 4.57 Å². The molecular formula is C42H50N2. The summed E-state index contributed by atoms with van der Waals surface area (Å²) in [6.07, 6.45) is 5.05. The molecule has 4 aromatic carbocycles. The Hall–Kier alpha value is -3.52. The summed E-state index contributed by atoms with van der Waals surface area (Å²) in [6, 6.07) is 28.5. The van der Waals surface area contributed by atoms with E-state index in [4.69, 9.17) is 0 Å². The van der Waals surface area contributed by atoms with E-state index in [-0.39, 0.29) is 21.8 Å². The zero-order valence-corrected chi connectivity index (χ0v) is 28.7. The number of hydrogen-bond donors (Lipinski definition) is 0. The van der Waals surface area contributed by atoms with Crippen molar-refractivity contribution < 1.29 is 0 Å². The van der Waals surface area contributed by atoms with E-state index >= 15 is 0 Å². The molecule has 44 heavy (non-hydrogen) atoms. The highest BCUT2D eigenvalue weighted by atomic mass is 15.3. The van der Waals surface area contributed by atoms with E-state index in [1.54, 1.807) is 5.56 Å². The molecule has 0 amide bonds. The minimum atomic E-state index is 0.0365. The molecule has 7 rings (SSSR count). The second kappa shape index (κ2) is 9.49. The Morgan fingerprint density at radius 1 is 0.636 bits per heavy atom. The van der Waals surface area contributed by atoms with Crippen molar-refractivity contribution in [3.05, 3.63) is 101 Å². The van der Waals surface area contributed by atoms with Gasteiger partial charge in [-0.2, -0.15) is 0 Å². The van der Waals surface area contributed by atoms with Gasteiger partial charge < -0.3 is 9.47 Å². The summed E-state index contributed by atoms with van der Waals surface area (Å²) in [5.74, 6) is 0. The predicted molar refractivity (Wildman–Crippen MR) is 190 cm³/mol. The summed E-state index contributed by atoms with van der Waals surface area (Å²) < 4.78 is 2.51. The molecule has 2 heteroatoms. The van der Waals surface area contributed by atoms with E-state index in [2.05, 4.69) is 152 Å². The molecule has 2 atom stereocenters. The Morgan fingerprint density at radius 3 is 1.80 bits per heavy atom. The Balaban J connectivity index is 1.48. The predicted octanol–water partition coefficient (Wildman–Crippen LogP) is 11.7. The first kappa shape index (κ1) is 29.2. The van der Waals surface area contributed by atoms with Crippen LogP contribution >= 0.6 is 0 Å². The molecule has 5 aromatic rings. The molecule has 2 unspecified atom stereocenters. The fourth-order valence-electron chi connectivity index (χ4n) is 8.78. The van der Waals surface area contributed by atoms with Gasteiger partial charge in [0.25, 0.3) is 0 Å². The number of aryl methyl sites for hydroxylation is 2. The molecule has 0 N–H and O–H groups in total. The summed E-state index contributed by atoms with van der Waals surface area (Å²) in [6.45, 7) is 23.6. The van der Waals surface area contributed by atoms with Crippen molar-refractivity contribution in [3.8, 4) is 5.69 Å². The Kier molecular flexibility index (Phi) is 6.30. The van der Waals surface area contributed by atoms with Crippen LogP contribution in [0.15, 0.2) is 72.8 Å². The molecule has 2 aliphatic rings. The fourth-order valence-corrected chi connectivity index (χ4v) is 8.78. The summed E-state index contributed by atoms with van der Waals surface area (Å²) in [5.41, 5.74) is 14.0. The van der Waals surface area contributed by atoms with Crippen LogP contribution in [0.25, 0.3) is 27.5 Å². The maximum absolute atomic E-state index is 2.73. The maximum atomic E-state index is 2.73. The van der Waals surface area contributed by atoms with Crippen LogP contribution in [0.5, 0.6) is 0 Å². The third-order valence-electron chi connectivity index (χ3n) is 11.4. The van der Waals surface area contributed by atoms with E-state index in [1.807, 2.05) is 0 Å². The first-order valence-electron chi connectivity index (χ1n) is 16.8. The molecule has 1 aliphatic heterocycles. The average Bonchev–Trinajstić information content (AvgIpc) is 3.37. The molecule has 1 saturated carbocycles. The molecule has 0 bridgehead atoms. The van der Waals surface area contributed by atoms with Gasteiger partial charge in [-0.05, 0) is 121 Å². The largest absolute Gasteiger partial charge is 0.334 e. The smallest absolute Gasteiger partial charge is 0.0541 e. The molecule has 1 fully saturated rings. The topological polar surface area (TPSA) is 8.17 Å². The molecule has 2 heterocycles. The summed E-state index contributed by atoms with van der Waals surface area (Å²) in [7, 11) is 0. The lowest BCUT2D eigenvalue weighted by Crippen LogP contribution is -2.54. The van der Waals surface area contributed by atoms with E-state index in [1.165, 1.54) is 86.8 Å². The Labute approximate surface area is 265 Å². The third kappa shape index (κ3) is 4.12. The quantitative estimate of drug-likeness (QED) is 0.201. The standard InChI is InChI=1S/C42H50N2/c1-27-22-28(2)38-37(23-27)44(42(10)21-12-11-20-41(38,42)9)32-15-13-14-31(26-32)43-35-18-16-29(39(3,4)5)24-33(35)34-25-30(40(6,7)8)17-19-36(34)43/h13-19,22-26H,11-12,20-21H2,1-10H3.